The Hall–Kier alpha value is -1.78. The lowest BCUT2D eigenvalue weighted by atomic mass is 9.97. The number of alkyl carbamates (subject to hydrolysis) is 1. The van der Waals surface area contributed by atoms with Gasteiger partial charge in [0.25, 0.3) is 0 Å². The first-order chi connectivity index (χ1) is 9.85. The van der Waals surface area contributed by atoms with Gasteiger partial charge in [-0.15, -0.1) is 0 Å². The molecule has 118 valence electrons. The van der Waals surface area contributed by atoms with Crippen LogP contribution in [0.3, 0.4) is 0 Å². The van der Waals surface area contributed by atoms with Crippen LogP contribution in [0.1, 0.15) is 39.7 Å². The molecule has 0 aliphatic carbocycles. The quantitative estimate of drug-likeness (QED) is 0.875. The predicted octanol–water partition coefficient (Wildman–Crippen LogP) is 3.18. The lowest BCUT2D eigenvalue weighted by Crippen LogP contribution is -2.35. The second-order valence-corrected chi connectivity index (χ2v) is 6.03. The maximum atomic E-state index is 11.7. The summed E-state index contributed by atoms with van der Waals surface area (Å²) in [5.74, 6) is 0.962. The van der Waals surface area contributed by atoms with Crippen LogP contribution < -0.4 is 10.1 Å². The maximum absolute atomic E-state index is 11.7. The Labute approximate surface area is 127 Å². The maximum Gasteiger partial charge on any atom is 0.407 e. The van der Waals surface area contributed by atoms with Crippen LogP contribution >= 0.6 is 0 Å². The van der Waals surface area contributed by atoms with Gasteiger partial charge in [0, 0.05) is 18.3 Å². The van der Waals surface area contributed by atoms with E-state index in [1.54, 1.807) is 13.3 Å². The van der Waals surface area contributed by atoms with Crippen LogP contribution in [0.5, 0.6) is 5.88 Å². The second kappa shape index (κ2) is 7.86. The Morgan fingerprint density at radius 1 is 1.43 bits per heavy atom. The van der Waals surface area contributed by atoms with E-state index in [4.69, 9.17) is 9.47 Å². The molecular weight excluding hydrogens is 268 g/mol. The Morgan fingerprint density at radius 3 is 2.71 bits per heavy atom. The molecule has 0 aliphatic heterocycles. The summed E-state index contributed by atoms with van der Waals surface area (Å²) in [7, 11) is 1.62. The Kier molecular flexibility index (Phi) is 6.46. The minimum absolute atomic E-state index is 0.315. The number of aromatic nitrogens is 1. The summed E-state index contributed by atoms with van der Waals surface area (Å²) in [5.41, 5.74) is 0.580. The van der Waals surface area contributed by atoms with Gasteiger partial charge in [-0.05, 0) is 39.2 Å². The minimum atomic E-state index is -0.474. The summed E-state index contributed by atoms with van der Waals surface area (Å²) >= 11 is 0. The van der Waals surface area contributed by atoms with Crippen molar-refractivity contribution in [3.63, 3.8) is 0 Å². The van der Waals surface area contributed by atoms with Crippen molar-refractivity contribution in [1.29, 1.82) is 0 Å². The molecule has 1 amide bonds. The number of carbonyl (C=O) groups is 1. The van der Waals surface area contributed by atoms with Gasteiger partial charge in [0.1, 0.15) is 5.60 Å². The SMILES string of the molecule is CCC(CNC(=O)OC(C)(C)C)Cc1cccnc1OC. The molecule has 1 rings (SSSR count). The number of nitrogens with one attached hydrogen (secondary N) is 1. The number of carbonyl (C=O) groups excluding carboxylic acids is 1. The van der Waals surface area contributed by atoms with Gasteiger partial charge in [-0.2, -0.15) is 0 Å². The first-order valence-electron chi connectivity index (χ1n) is 7.30. The molecule has 0 radical (unpaired) electrons. The smallest absolute Gasteiger partial charge is 0.407 e. The molecule has 0 bridgehead atoms. The highest BCUT2D eigenvalue weighted by Gasteiger charge is 2.18. The third-order valence-electron chi connectivity index (χ3n) is 3.06. The zero-order valence-electron chi connectivity index (χ0n) is 13.6. The third-order valence-corrected chi connectivity index (χ3v) is 3.06. The average Bonchev–Trinajstić information content (AvgIpc) is 2.42. The number of amides is 1. The van der Waals surface area contributed by atoms with Crippen molar-refractivity contribution in [2.75, 3.05) is 13.7 Å². The van der Waals surface area contributed by atoms with Crippen LogP contribution in [-0.4, -0.2) is 30.3 Å². The standard InChI is InChI=1S/C16H26N2O3/c1-6-12(11-18-15(19)21-16(2,3)4)10-13-8-7-9-17-14(13)20-5/h7-9,12H,6,10-11H2,1-5H3,(H,18,19). The molecule has 1 aromatic heterocycles. The number of ether oxygens (including phenoxy) is 2. The number of rotatable bonds is 6. The van der Waals surface area contributed by atoms with Crippen LogP contribution in [0.2, 0.25) is 0 Å². The molecule has 1 atom stereocenters. The van der Waals surface area contributed by atoms with E-state index in [1.165, 1.54) is 0 Å². The van der Waals surface area contributed by atoms with E-state index < -0.39 is 5.60 Å². The van der Waals surface area contributed by atoms with Crippen LogP contribution in [-0.2, 0) is 11.2 Å². The van der Waals surface area contributed by atoms with E-state index in [1.807, 2.05) is 32.9 Å². The van der Waals surface area contributed by atoms with Crippen LogP contribution in [0, 0.1) is 5.92 Å². The lowest BCUT2D eigenvalue weighted by molar-refractivity contribution is 0.0518. The molecule has 0 fully saturated rings. The molecule has 0 spiro atoms. The van der Waals surface area contributed by atoms with E-state index in [9.17, 15) is 4.79 Å². The molecule has 0 saturated carbocycles. The molecule has 5 nitrogen and oxygen atoms in total. The minimum Gasteiger partial charge on any atom is -0.481 e. The molecule has 1 N–H and O–H groups in total. The second-order valence-electron chi connectivity index (χ2n) is 6.03. The molecule has 0 saturated heterocycles. The van der Waals surface area contributed by atoms with E-state index >= 15 is 0 Å². The van der Waals surface area contributed by atoms with Gasteiger partial charge in [0.05, 0.1) is 7.11 Å². The highest BCUT2D eigenvalue weighted by atomic mass is 16.6. The fourth-order valence-electron chi connectivity index (χ4n) is 1.98. The summed E-state index contributed by atoms with van der Waals surface area (Å²) in [4.78, 5) is 15.9. The molecule has 1 heterocycles. The fraction of sp³-hybridized carbons (Fsp3) is 0.625. The van der Waals surface area contributed by atoms with E-state index in [0.29, 0.717) is 18.3 Å². The van der Waals surface area contributed by atoms with Gasteiger partial charge < -0.3 is 14.8 Å². The third kappa shape index (κ3) is 6.47. The van der Waals surface area contributed by atoms with Gasteiger partial charge in [0.2, 0.25) is 5.88 Å². The van der Waals surface area contributed by atoms with Crippen molar-refractivity contribution < 1.29 is 14.3 Å². The van der Waals surface area contributed by atoms with Crippen molar-refractivity contribution in [2.45, 2.75) is 46.1 Å². The van der Waals surface area contributed by atoms with Crippen molar-refractivity contribution in [1.82, 2.24) is 10.3 Å². The largest absolute Gasteiger partial charge is 0.481 e. The zero-order valence-corrected chi connectivity index (χ0v) is 13.6. The van der Waals surface area contributed by atoms with Gasteiger partial charge in [-0.25, -0.2) is 9.78 Å². The van der Waals surface area contributed by atoms with Crippen LogP contribution in [0.15, 0.2) is 18.3 Å². The van der Waals surface area contributed by atoms with Gasteiger partial charge in [-0.3, -0.25) is 0 Å². The Bertz CT molecular complexity index is 455. The predicted molar refractivity (Wildman–Crippen MR) is 82.5 cm³/mol. The first-order valence-corrected chi connectivity index (χ1v) is 7.30. The number of hydrogen-bond acceptors (Lipinski definition) is 4. The lowest BCUT2D eigenvalue weighted by Gasteiger charge is -2.21. The van der Waals surface area contributed by atoms with Gasteiger partial charge >= 0.3 is 6.09 Å². The highest BCUT2D eigenvalue weighted by Crippen LogP contribution is 2.19. The molecule has 1 aromatic rings. The van der Waals surface area contributed by atoms with Crippen molar-refractivity contribution in [2.24, 2.45) is 5.92 Å². The molecule has 21 heavy (non-hydrogen) atoms. The van der Waals surface area contributed by atoms with Crippen LogP contribution in [0.4, 0.5) is 4.79 Å². The van der Waals surface area contributed by atoms with Gasteiger partial charge in [-0.1, -0.05) is 19.4 Å². The van der Waals surface area contributed by atoms with Crippen molar-refractivity contribution in [3.8, 4) is 5.88 Å². The Balaban J connectivity index is 2.54. The fourth-order valence-corrected chi connectivity index (χ4v) is 1.98. The number of pyridine rings is 1. The average molecular weight is 294 g/mol. The number of hydrogen-bond donors (Lipinski definition) is 1. The highest BCUT2D eigenvalue weighted by molar-refractivity contribution is 5.67. The molecule has 0 aliphatic rings. The molecule has 1 unspecified atom stereocenters. The van der Waals surface area contributed by atoms with E-state index in [2.05, 4.69) is 17.2 Å². The number of nitrogens with zero attached hydrogens (tertiary/aromatic N) is 1. The van der Waals surface area contributed by atoms with E-state index in [0.717, 1.165) is 18.4 Å². The zero-order chi connectivity index (χ0) is 15.9. The van der Waals surface area contributed by atoms with Crippen LogP contribution in [0.25, 0.3) is 0 Å². The topological polar surface area (TPSA) is 60.5 Å². The summed E-state index contributed by atoms with van der Waals surface area (Å²) in [6.07, 6.45) is 3.10. The first kappa shape index (κ1) is 17.3. The summed E-state index contributed by atoms with van der Waals surface area (Å²) in [6, 6.07) is 3.90. The monoisotopic (exact) mass is 294 g/mol. The summed E-state index contributed by atoms with van der Waals surface area (Å²) < 4.78 is 10.5. The van der Waals surface area contributed by atoms with Crippen molar-refractivity contribution >= 4 is 6.09 Å². The van der Waals surface area contributed by atoms with Gasteiger partial charge in [0.15, 0.2) is 0 Å². The summed E-state index contributed by atoms with van der Waals surface area (Å²) in [6.45, 7) is 8.23. The molecular formula is C16H26N2O3. The number of methoxy groups -OCH3 is 1. The normalized spacial score (nSPS) is 12.6. The van der Waals surface area contributed by atoms with E-state index in [-0.39, 0.29) is 6.09 Å². The molecule has 0 aromatic carbocycles. The summed E-state index contributed by atoms with van der Waals surface area (Å²) in [5, 5.41) is 2.83. The molecule has 5 heteroatoms. The Morgan fingerprint density at radius 2 is 2.14 bits per heavy atom. The van der Waals surface area contributed by atoms with Crippen molar-refractivity contribution in [3.05, 3.63) is 23.9 Å².